The molecule has 0 unspecified atom stereocenters. The zero-order valence-electron chi connectivity index (χ0n) is 18.8. The summed E-state index contributed by atoms with van der Waals surface area (Å²) in [5, 5.41) is 0. The molecule has 34 heavy (non-hydrogen) atoms. The van der Waals surface area contributed by atoms with E-state index < -0.39 is 0 Å². The molecule has 0 heterocycles. The van der Waals surface area contributed by atoms with Crippen LogP contribution in [0.4, 0.5) is 0 Å². The molecule has 0 nitrogen and oxygen atoms in total. The van der Waals surface area contributed by atoms with Crippen LogP contribution in [0.15, 0.2) is 140 Å². The molecule has 0 amide bonds. The number of hydrogen-bond acceptors (Lipinski definition) is 0. The van der Waals surface area contributed by atoms with Gasteiger partial charge in [-0.05, 0) is 44.5 Å². The molecular weight excluding hydrogens is 455 g/mol. The van der Waals surface area contributed by atoms with E-state index in [9.17, 15) is 0 Å². The van der Waals surface area contributed by atoms with Crippen LogP contribution in [-0.2, 0) is 16.8 Å². The zero-order chi connectivity index (χ0) is 22.3. The van der Waals surface area contributed by atoms with Gasteiger partial charge in [-0.25, -0.2) is 12.2 Å². The fraction of sp³-hybridized carbons (Fsp3) is 0.0303. The van der Waals surface area contributed by atoms with Crippen molar-refractivity contribution in [3.63, 3.8) is 0 Å². The van der Waals surface area contributed by atoms with Crippen LogP contribution in [0.1, 0.15) is 28.7 Å². The predicted molar refractivity (Wildman–Crippen MR) is 141 cm³/mol. The summed E-state index contributed by atoms with van der Waals surface area (Å²) in [6, 6.07) is 43.0. The summed E-state index contributed by atoms with van der Waals surface area (Å²) in [6.07, 6.45) is 10.0. The minimum absolute atomic E-state index is 0. The molecule has 4 aromatic carbocycles. The first kappa shape index (κ1) is 23.5. The Morgan fingerprint density at radius 3 is 0.882 bits per heavy atom. The van der Waals surface area contributed by atoms with Gasteiger partial charge in [0.05, 0.1) is 0 Å². The second kappa shape index (κ2) is 11.5. The molecule has 1 heteroatoms. The first-order valence-electron chi connectivity index (χ1n) is 11.4. The molecule has 2 aliphatic rings. The Labute approximate surface area is 212 Å². The molecule has 167 valence electrons. The van der Waals surface area contributed by atoms with Crippen LogP contribution in [0.5, 0.6) is 0 Å². The Hall–Kier alpha value is -3.65. The molecule has 6 rings (SSSR count). The Bertz CT molecular complexity index is 1110. The van der Waals surface area contributed by atoms with Gasteiger partial charge in [0.1, 0.15) is 0 Å². The first-order chi connectivity index (χ1) is 16.4. The molecule has 0 saturated heterocycles. The molecule has 0 saturated carbocycles. The summed E-state index contributed by atoms with van der Waals surface area (Å²) in [6.45, 7) is 0. The van der Waals surface area contributed by atoms with Crippen LogP contribution in [-0.4, -0.2) is 0 Å². The van der Waals surface area contributed by atoms with E-state index in [1.165, 1.54) is 44.5 Å². The van der Waals surface area contributed by atoms with Crippen LogP contribution < -0.4 is 0 Å². The summed E-state index contributed by atoms with van der Waals surface area (Å²) in [5.41, 5.74) is 10.4. The van der Waals surface area contributed by atoms with Crippen LogP contribution in [0.25, 0.3) is 22.3 Å². The van der Waals surface area contributed by atoms with Crippen molar-refractivity contribution < 1.29 is 16.8 Å². The maximum Gasteiger partial charge on any atom is 0 e. The normalized spacial score (nSPS) is 13.6. The molecule has 0 N–H and O–H groups in total. The third kappa shape index (κ3) is 4.96. The second-order valence-corrected chi connectivity index (χ2v) is 7.97. The zero-order valence-corrected chi connectivity index (χ0v) is 19.9. The molecule has 4 aromatic rings. The Morgan fingerprint density at radius 2 is 0.706 bits per heavy atom. The minimum atomic E-state index is 0. The van der Waals surface area contributed by atoms with Crippen molar-refractivity contribution in [3.05, 3.63) is 168 Å². The number of rotatable bonds is 4. The first-order valence-corrected chi connectivity index (χ1v) is 11.4. The van der Waals surface area contributed by atoms with Gasteiger partial charge in [-0.1, -0.05) is 121 Å². The fourth-order valence-corrected chi connectivity index (χ4v) is 4.35. The molecule has 0 fully saturated rings. The molecule has 0 aromatic heterocycles. The molecule has 0 atom stereocenters. The SMILES string of the molecule is [C-]1=CC=CC1.[Co].c1ccc(C2=C(c3ccccc3)C(c3ccccc3)=C2c2ccccc2)cc1. The Balaban J connectivity index is 0.000000407. The van der Waals surface area contributed by atoms with Gasteiger partial charge in [0.2, 0.25) is 0 Å². The minimum Gasteiger partial charge on any atom is -0.273 e. The van der Waals surface area contributed by atoms with E-state index in [2.05, 4.69) is 133 Å². The van der Waals surface area contributed by atoms with Crippen molar-refractivity contribution in [1.82, 2.24) is 0 Å². The maximum absolute atomic E-state index is 2.99. The van der Waals surface area contributed by atoms with E-state index in [1.807, 2.05) is 12.2 Å². The third-order valence-corrected chi connectivity index (χ3v) is 5.84. The van der Waals surface area contributed by atoms with Gasteiger partial charge in [0.25, 0.3) is 0 Å². The van der Waals surface area contributed by atoms with E-state index in [0.29, 0.717) is 0 Å². The van der Waals surface area contributed by atoms with Crippen molar-refractivity contribution in [2.24, 2.45) is 0 Å². The van der Waals surface area contributed by atoms with Crippen molar-refractivity contribution in [3.8, 4) is 0 Å². The predicted octanol–water partition coefficient (Wildman–Crippen LogP) is 8.53. The average Bonchev–Trinajstić information content (AvgIpc) is 3.47. The van der Waals surface area contributed by atoms with Gasteiger partial charge in [-0.3, -0.25) is 6.08 Å². The van der Waals surface area contributed by atoms with Gasteiger partial charge >= 0.3 is 0 Å². The summed E-state index contributed by atoms with van der Waals surface area (Å²) in [5.74, 6) is 0. The van der Waals surface area contributed by atoms with E-state index in [1.54, 1.807) is 0 Å². The molecule has 1 radical (unpaired) electrons. The van der Waals surface area contributed by atoms with Gasteiger partial charge < -0.3 is 0 Å². The van der Waals surface area contributed by atoms with Crippen LogP contribution in [0.3, 0.4) is 0 Å². The van der Waals surface area contributed by atoms with Crippen molar-refractivity contribution in [2.75, 3.05) is 0 Å². The van der Waals surface area contributed by atoms with Crippen LogP contribution in [0.2, 0.25) is 0 Å². The summed E-state index contributed by atoms with van der Waals surface area (Å²) in [7, 11) is 0. The standard InChI is InChI=1S/C28H20.C5H5.Co/c1-5-13-21(14-6-1)25-26(22-15-7-2-8-16-22)28(24-19-11-4-12-20-24)27(25)23-17-9-3-10-18-23;1-2-4-5-3-1;/h1-20H;1-3H,4H2;/q;-1;. The van der Waals surface area contributed by atoms with Crippen molar-refractivity contribution >= 4 is 22.3 Å². The average molecular weight is 480 g/mol. The second-order valence-electron chi connectivity index (χ2n) is 7.97. The number of allylic oxidation sites excluding steroid dienone is 8. The van der Waals surface area contributed by atoms with E-state index >= 15 is 0 Å². The van der Waals surface area contributed by atoms with Crippen LogP contribution in [0, 0.1) is 6.08 Å². The van der Waals surface area contributed by atoms with Crippen LogP contribution >= 0.6 is 0 Å². The topological polar surface area (TPSA) is 0 Å². The monoisotopic (exact) mass is 480 g/mol. The number of benzene rings is 4. The molecular formula is C33H25Co-. The molecule has 0 bridgehead atoms. The van der Waals surface area contributed by atoms with E-state index in [-0.39, 0.29) is 16.8 Å². The van der Waals surface area contributed by atoms with Gasteiger partial charge in [-0.2, -0.15) is 6.08 Å². The fourth-order valence-electron chi connectivity index (χ4n) is 4.35. The van der Waals surface area contributed by atoms with Crippen molar-refractivity contribution in [1.29, 1.82) is 0 Å². The van der Waals surface area contributed by atoms with Gasteiger partial charge in [-0.15, -0.1) is 6.42 Å². The van der Waals surface area contributed by atoms with E-state index in [4.69, 9.17) is 0 Å². The Kier molecular flexibility index (Phi) is 7.93. The van der Waals surface area contributed by atoms with E-state index in [0.717, 1.165) is 6.42 Å². The number of hydrogen-bond donors (Lipinski definition) is 0. The van der Waals surface area contributed by atoms with Crippen molar-refractivity contribution in [2.45, 2.75) is 6.42 Å². The molecule has 0 spiro atoms. The molecule has 0 aliphatic heterocycles. The summed E-state index contributed by atoms with van der Waals surface area (Å²) in [4.78, 5) is 0. The van der Waals surface area contributed by atoms with Gasteiger partial charge in [0.15, 0.2) is 0 Å². The maximum atomic E-state index is 2.99. The quantitative estimate of drug-likeness (QED) is 0.257. The Morgan fingerprint density at radius 1 is 0.412 bits per heavy atom. The molecule has 2 aliphatic carbocycles. The van der Waals surface area contributed by atoms with Gasteiger partial charge in [0, 0.05) is 16.8 Å². The smallest absolute Gasteiger partial charge is 0 e. The largest absolute Gasteiger partial charge is 0.273 e. The summed E-state index contributed by atoms with van der Waals surface area (Å²) < 4.78 is 0. The summed E-state index contributed by atoms with van der Waals surface area (Å²) >= 11 is 0. The third-order valence-electron chi connectivity index (χ3n) is 5.84.